The predicted octanol–water partition coefficient (Wildman–Crippen LogP) is 4.32. The average molecular weight is 387 g/mol. The summed E-state index contributed by atoms with van der Waals surface area (Å²) in [6.07, 6.45) is 3.23. The Morgan fingerprint density at radius 2 is 1.69 bits per heavy atom. The van der Waals surface area contributed by atoms with Crippen LogP contribution in [0.4, 0.5) is 5.69 Å². The quantitative estimate of drug-likeness (QED) is 0.630. The number of halogens is 1. The summed E-state index contributed by atoms with van der Waals surface area (Å²) in [6.45, 7) is 1.59. The van der Waals surface area contributed by atoms with Crippen LogP contribution in [-0.4, -0.2) is 34.7 Å². The lowest BCUT2D eigenvalue weighted by atomic mass is 10.0. The molecule has 2 aromatic rings. The topological polar surface area (TPSA) is 49.4 Å². The Morgan fingerprint density at radius 3 is 2.38 bits per heavy atom. The van der Waals surface area contributed by atoms with Crippen molar-refractivity contribution in [1.29, 1.82) is 0 Å². The van der Waals surface area contributed by atoms with Gasteiger partial charge in [0.15, 0.2) is 10.8 Å². The molecule has 6 heteroatoms. The molecule has 26 heavy (non-hydrogen) atoms. The van der Waals surface area contributed by atoms with E-state index < -0.39 is 0 Å². The molecule has 1 saturated heterocycles. The summed E-state index contributed by atoms with van der Waals surface area (Å²) >= 11 is 11.4. The Morgan fingerprint density at radius 1 is 1.00 bits per heavy atom. The van der Waals surface area contributed by atoms with Gasteiger partial charge in [-0.3, -0.25) is 9.59 Å². The Bertz CT molecular complexity index is 833. The highest BCUT2D eigenvalue weighted by atomic mass is 35.5. The summed E-state index contributed by atoms with van der Waals surface area (Å²) in [5.74, 6) is -0.571. The fourth-order valence-electron chi connectivity index (χ4n) is 2.97. The van der Waals surface area contributed by atoms with Gasteiger partial charge in [0.25, 0.3) is 5.91 Å². The van der Waals surface area contributed by atoms with Crippen LogP contribution in [0.2, 0.25) is 5.02 Å². The fourth-order valence-corrected chi connectivity index (χ4v) is 3.38. The van der Waals surface area contributed by atoms with E-state index in [4.69, 9.17) is 23.8 Å². The lowest BCUT2D eigenvalue weighted by molar-refractivity contribution is -0.110. The molecule has 0 radical (unpaired) electrons. The molecule has 134 valence electrons. The maximum Gasteiger partial charge on any atom is 0.283 e. The molecule has 1 aliphatic heterocycles. The molecule has 0 aliphatic carbocycles. The third kappa shape index (κ3) is 4.29. The number of likely N-dealkylation sites (tertiary alicyclic amines) is 1. The van der Waals surface area contributed by atoms with Crippen LogP contribution in [-0.2, 0) is 4.79 Å². The van der Waals surface area contributed by atoms with E-state index in [1.54, 1.807) is 42.5 Å². The molecule has 1 amide bonds. The van der Waals surface area contributed by atoms with E-state index in [9.17, 15) is 9.59 Å². The molecule has 1 N–H and O–H groups in total. The van der Waals surface area contributed by atoms with Gasteiger partial charge in [0.1, 0.15) is 0 Å². The summed E-state index contributed by atoms with van der Waals surface area (Å²) in [6, 6.07) is 13.7. The number of hydrogen-bond acceptors (Lipinski definition) is 3. The van der Waals surface area contributed by atoms with Crippen molar-refractivity contribution in [2.75, 3.05) is 18.4 Å². The molecule has 2 aromatic carbocycles. The average Bonchev–Trinajstić information content (AvgIpc) is 2.69. The molecule has 3 rings (SSSR count). The van der Waals surface area contributed by atoms with Crippen molar-refractivity contribution in [3.8, 4) is 0 Å². The van der Waals surface area contributed by atoms with Crippen molar-refractivity contribution in [1.82, 2.24) is 4.90 Å². The number of carbonyl (C=O) groups excluding carboxylic acids is 2. The standard InChI is InChI=1S/C20H19ClN2O2S/c21-15-9-10-17(16(13-15)18(24)14-7-3-1-4-8-14)22-19(25)20(26)23-11-5-2-6-12-23/h1,3-4,7-10,13H,2,5-6,11-12H2,(H,22,25). The van der Waals surface area contributed by atoms with Crippen LogP contribution in [0.15, 0.2) is 48.5 Å². The maximum atomic E-state index is 12.8. The molecule has 1 fully saturated rings. The zero-order chi connectivity index (χ0) is 18.5. The molecule has 0 bridgehead atoms. The number of anilines is 1. The highest BCUT2D eigenvalue weighted by molar-refractivity contribution is 7.82. The SMILES string of the molecule is O=C(Nc1ccc(Cl)cc1C(=O)c1ccccc1)C(=S)N1CCCCC1. The lowest BCUT2D eigenvalue weighted by Crippen LogP contribution is -2.41. The predicted molar refractivity (Wildman–Crippen MR) is 108 cm³/mol. The fraction of sp³-hybridized carbons (Fsp3) is 0.250. The van der Waals surface area contributed by atoms with E-state index in [2.05, 4.69) is 5.32 Å². The second-order valence-corrected chi connectivity index (χ2v) is 7.02. The first-order chi connectivity index (χ1) is 12.6. The second kappa shape index (κ2) is 8.43. The van der Waals surface area contributed by atoms with Gasteiger partial charge in [-0.05, 0) is 37.5 Å². The molecule has 1 heterocycles. The van der Waals surface area contributed by atoms with Crippen molar-refractivity contribution >= 4 is 46.2 Å². The van der Waals surface area contributed by atoms with Crippen LogP contribution in [0.1, 0.15) is 35.2 Å². The summed E-state index contributed by atoms with van der Waals surface area (Å²) in [5.41, 5.74) is 1.29. The number of piperidine rings is 1. The molecule has 0 aromatic heterocycles. The zero-order valence-electron chi connectivity index (χ0n) is 14.2. The number of carbonyl (C=O) groups is 2. The van der Waals surface area contributed by atoms with Crippen molar-refractivity contribution in [2.24, 2.45) is 0 Å². The van der Waals surface area contributed by atoms with Gasteiger partial charge >= 0.3 is 0 Å². The Labute approximate surface area is 163 Å². The molecule has 0 atom stereocenters. The number of rotatable bonds is 3. The van der Waals surface area contributed by atoms with Crippen LogP contribution in [0.25, 0.3) is 0 Å². The third-order valence-electron chi connectivity index (χ3n) is 4.35. The van der Waals surface area contributed by atoms with E-state index in [-0.39, 0.29) is 16.7 Å². The third-order valence-corrected chi connectivity index (χ3v) is 5.03. The van der Waals surface area contributed by atoms with Crippen LogP contribution in [0.3, 0.4) is 0 Å². The number of benzene rings is 2. The van der Waals surface area contributed by atoms with Crippen molar-refractivity contribution in [3.05, 3.63) is 64.7 Å². The summed E-state index contributed by atoms with van der Waals surface area (Å²) in [5, 5.41) is 3.22. The maximum absolute atomic E-state index is 12.8. The van der Waals surface area contributed by atoms with Gasteiger partial charge in [-0.2, -0.15) is 0 Å². The first kappa shape index (κ1) is 18.5. The van der Waals surface area contributed by atoms with Crippen LogP contribution >= 0.6 is 23.8 Å². The molecule has 0 spiro atoms. The smallest absolute Gasteiger partial charge is 0.283 e. The van der Waals surface area contributed by atoms with Crippen LogP contribution in [0.5, 0.6) is 0 Å². The zero-order valence-corrected chi connectivity index (χ0v) is 15.8. The Balaban J connectivity index is 1.82. The number of amides is 1. The highest BCUT2D eigenvalue weighted by Crippen LogP contribution is 2.24. The first-order valence-electron chi connectivity index (χ1n) is 8.56. The highest BCUT2D eigenvalue weighted by Gasteiger charge is 2.22. The summed E-state index contributed by atoms with van der Waals surface area (Å²) < 4.78 is 0. The molecule has 4 nitrogen and oxygen atoms in total. The normalized spacial score (nSPS) is 14.0. The first-order valence-corrected chi connectivity index (χ1v) is 9.34. The van der Waals surface area contributed by atoms with Gasteiger partial charge in [0.2, 0.25) is 0 Å². The van der Waals surface area contributed by atoms with E-state index in [1.165, 1.54) is 0 Å². The van der Waals surface area contributed by atoms with Gasteiger partial charge in [-0.15, -0.1) is 0 Å². The van der Waals surface area contributed by atoms with E-state index in [1.807, 2.05) is 11.0 Å². The number of nitrogens with one attached hydrogen (secondary N) is 1. The van der Waals surface area contributed by atoms with E-state index in [0.29, 0.717) is 21.8 Å². The number of hydrogen-bond donors (Lipinski definition) is 1. The Hall–Kier alpha value is -2.24. The Kier molecular flexibility index (Phi) is 6.01. The lowest BCUT2D eigenvalue weighted by Gasteiger charge is -2.28. The molecular formula is C20H19ClN2O2S. The van der Waals surface area contributed by atoms with Crippen LogP contribution < -0.4 is 5.32 Å². The van der Waals surface area contributed by atoms with Crippen molar-refractivity contribution in [3.63, 3.8) is 0 Å². The molecular weight excluding hydrogens is 368 g/mol. The van der Waals surface area contributed by atoms with Crippen LogP contribution in [0, 0.1) is 0 Å². The molecule has 1 aliphatic rings. The van der Waals surface area contributed by atoms with E-state index >= 15 is 0 Å². The summed E-state index contributed by atoms with van der Waals surface area (Å²) in [7, 11) is 0. The summed E-state index contributed by atoms with van der Waals surface area (Å²) in [4.78, 5) is 27.6. The minimum absolute atomic E-state index is 0.202. The van der Waals surface area contributed by atoms with Gasteiger partial charge in [-0.1, -0.05) is 54.2 Å². The van der Waals surface area contributed by atoms with Gasteiger partial charge in [-0.25, -0.2) is 0 Å². The number of thiocarbonyl (C=S) groups is 1. The monoisotopic (exact) mass is 386 g/mol. The molecule has 0 unspecified atom stereocenters. The van der Waals surface area contributed by atoms with Gasteiger partial charge < -0.3 is 10.2 Å². The van der Waals surface area contributed by atoms with Crippen molar-refractivity contribution in [2.45, 2.75) is 19.3 Å². The van der Waals surface area contributed by atoms with Gasteiger partial charge in [0, 0.05) is 29.2 Å². The largest absolute Gasteiger partial charge is 0.358 e. The van der Waals surface area contributed by atoms with Gasteiger partial charge in [0.05, 0.1) is 5.69 Å². The van der Waals surface area contributed by atoms with Crippen molar-refractivity contribution < 1.29 is 9.59 Å². The minimum atomic E-state index is -0.369. The number of nitrogens with zero attached hydrogens (tertiary/aromatic N) is 1. The van der Waals surface area contributed by atoms with E-state index in [0.717, 1.165) is 32.4 Å². The minimum Gasteiger partial charge on any atom is -0.358 e. The second-order valence-electron chi connectivity index (χ2n) is 6.19. The number of ketones is 1. The molecule has 0 saturated carbocycles.